The standard InChI is InChI=1S/C25H22ClFN2O5S/c26-19-5-1-16(2-6-19)17-3-8-21(9-4-17)29(35(33)34)23(25(31)32)11-12-24(30)28-14-13-18-15-20(27)7-10-22(18)28/h1-10,15,23H,11-14H2,(H,31,32)(H,33,34)/p-1. The Balaban J connectivity index is 1.50. The highest BCUT2D eigenvalue weighted by atomic mass is 35.5. The molecule has 0 spiro atoms. The molecule has 1 amide bonds. The number of halogens is 2. The van der Waals surface area contributed by atoms with Crippen LogP contribution in [0.1, 0.15) is 18.4 Å². The van der Waals surface area contributed by atoms with E-state index in [0.717, 1.165) is 15.4 Å². The minimum Gasteiger partial charge on any atom is -0.755 e. The van der Waals surface area contributed by atoms with Gasteiger partial charge in [-0.25, -0.2) is 9.18 Å². The number of aliphatic carboxylic acids is 1. The molecule has 4 rings (SSSR count). The van der Waals surface area contributed by atoms with Crippen molar-refractivity contribution >= 4 is 46.1 Å². The maximum absolute atomic E-state index is 13.5. The molecule has 0 saturated carbocycles. The topological polar surface area (TPSA) is 101 Å². The van der Waals surface area contributed by atoms with Gasteiger partial charge in [-0.1, -0.05) is 35.9 Å². The van der Waals surface area contributed by atoms with Crippen LogP contribution in [0.15, 0.2) is 66.7 Å². The first-order valence-electron chi connectivity index (χ1n) is 10.8. The van der Waals surface area contributed by atoms with E-state index in [2.05, 4.69) is 0 Å². The highest BCUT2D eigenvalue weighted by Crippen LogP contribution is 2.30. The fraction of sp³-hybridized carbons (Fsp3) is 0.200. The summed E-state index contributed by atoms with van der Waals surface area (Å²) in [6.07, 6.45) is 0.0797. The van der Waals surface area contributed by atoms with E-state index in [1.807, 2.05) is 12.1 Å². The van der Waals surface area contributed by atoms with Crippen LogP contribution in [0.5, 0.6) is 0 Å². The molecule has 0 aromatic heterocycles. The van der Waals surface area contributed by atoms with Crippen molar-refractivity contribution in [2.45, 2.75) is 25.3 Å². The zero-order valence-corrected chi connectivity index (χ0v) is 20.0. The van der Waals surface area contributed by atoms with E-state index in [1.165, 1.54) is 35.2 Å². The molecular formula is C25H21ClFN2O5S-. The lowest BCUT2D eigenvalue weighted by atomic mass is 10.0. The summed E-state index contributed by atoms with van der Waals surface area (Å²) in [6.45, 7) is 0.360. The lowest BCUT2D eigenvalue weighted by molar-refractivity contribution is -0.138. The molecular weight excluding hydrogens is 495 g/mol. The molecule has 182 valence electrons. The monoisotopic (exact) mass is 515 g/mol. The van der Waals surface area contributed by atoms with Gasteiger partial charge in [0.15, 0.2) is 0 Å². The van der Waals surface area contributed by atoms with Gasteiger partial charge in [-0.15, -0.1) is 0 Å². The van der Waals surface area contributed by atoms with Crippen molar-refractivity contribution in [3.05, 3.63) is 83.1 Å². The van der Waals surface area contributed by atoms with Gasteiger partial charge < -0.3 is 14.6 Å². The zero-order chi connectivity index (χ0) is 25.1. The smallest absolute Gasteiger partial charge is 0.327 e. The van der Waals surface area contributed by atoms with E-state index in [-0.39, 0.29) is 30.3 Å². The number of carbonyl (C=O) groups is 2. The summed E-state index contributed by atoms with van der Waals surface area (Å²) in [7, 11) is 0. The molecule has 1 aliphatic heterocycles. The van der Waals surface area contributed by atoms with Gasteiger partial charge in [0.1, 0.15) is 11.9 Å². The number of carbonyl (C=O) groups excluding carboxylic acids is 1. The molecule has 2 unspecified atom stereocenters. The van der Waals surface area contributed by atoms with Crippen LogP contribution in [0.2, 0.25) is 5.02 Å². The Kier molecular flexibility index (Phi) is 7.49. The molecule has 2 atom stereocenters. The number of nitrogens with zero attached hydrogens (tertiary/aromatic N) is 2. The van der Waals surface area contributed by atoms with Crippen LogP contribution in [0.3, 0.4) is 0 Å². The molecule has 1 aliphatic rings. The number of benzene rings is 3. The predicted octanol–water partition coefficient (Wildman–Crippen LogP) is 4.57. The van der Waals surface area contributed by atoms with Crippen LogP contribution < -0.4 is 9.21 Å². The van der Waals surface area contributed by atoms with Crippen molar-refractivity contribution in [3.8, 4) is 11.1 Å². The van der Waals surface area contributed by atoms with Crippen molar-refractivity contribution in [1.29, 1.82) is 0 Å². The summed E-state index contributed by atoms with van der Waals surface area (Å²) < 4.78 is 38.3. The Hall–Kier alpha value is -3.27. The molecule has 35 heavy (non-hydrogen) atoms. The average molecular weight is 516 g/mol. The predicted molar refractivity (Wildman–Crippen MR) is 131 cm³/mol. The van der Waals surface area contributed by atoms with Crippen LogP contribution in [0.25, 0.3) is 11.1 Å². The number of hydrogen-bond acceptors (Lipinski definition) is 4. The number of carboxylic acids is 1. The van der Waals surface area contributed by atoms with E-state index in [9.17, 15) is 27.8 Å². The summed E-state index contributed by atoms with van der Waals surface area (Å²) in [5.41, 5.74) is 3.12. The maximum atomic E-state index is 13.5. The fourth-order valence-corrected chi connectivity index (χ4v) is 5.00. The molecule has 0 radical (unpaired) electrons. The van der Waals surface area contributed by atoms with Gasteiger partial charge in [0, 0.05) is 40.6 Å². The third-order valence-electron chi connectivity index (χ3n) is 5.90. The van der Waals surface area contributed by atoms with Gasteiger partial charge in [0.2, 0.25) is 5.91 Å². The Morgan fingerprint density at radius 1 is 1.09 bits per heavy atom. The highest BCUT2D eigenvalue weighted by Gasteiger charge is 2.30. The first-order valence-corrected chi connectivity index (χ1v) is 12.2. The number of anilines is 2. The van der Waals surface area contributed by atoms with Crippen molar-refractivity contribution < 1.29 is 27.8 Å². The Labute approximate surface area is 209 Å². The largest absolute Gasteiger partial charge is 0.755 e. The molecule has 1 N–H and O–H groups in total. The van der Waals surface area contributed by atoms with E-state index >= 15 is 0 Å². The number of amides is 1. The normalized spacial score (nSPS) is 14.3. The molecule has 0 fully saturated rings. The number of hydrogen-bond donors (Lipinski definition) is 1. The summed E-state index contributed by atoms with van der Waals surface area (Å²) in [5.74, 6) is -2.11. The molecule has 10 heteroatoms. The number of rotatable bonds is 8. The summed E-state index contributed by atoms with van der Waals surface area (Å²) in [5, 5.41) is 10.4. The molecule has 3 aromatic carbocycles. The van der Waals surface area contributed by atoms with Gasteiger partial charge in [-0.3, -0.25) is 13.3 Å². The van der Waals surface area contributed by atoms with E-state index in [1.54, 1.807) is 24.3 Å². The van der Waals surface area contributed by atoms with Crippen LogP contribution in [-0.4, -0.2) is 38.3 Å². The highest BCUT2D eigenvalue weighted by molar-refractivity contribution is 7.80. The third kappa shape index (κ3) is 5.53. The molecule has 3 aromatic rings. The lowest BCUT2D eigenvalue weighted by Gasteiger charge is -2.32. The first-order chi connectivity index (χ1) is 16.7. The molecule has 0 aliphatic carbocycles. The van der Waals surface area contributed by atoms with Crippen LogP contribution >= 0.6 is 11.6 Å². The number of fused-ring (bicyclic) bond motifs is 1. The Morgan fingerprint density at radius 3 is 2.31 bits per heavy atom. The zero-order valence-electron chi connectivity index (χ0n) is 18.4. The van der Waals surface area contributed by atoms with E-state index in [0.29, 0.717) is 29.2 Å². The van der Waals surface area contributed by atoms with E-state index < -0.39 is 23.3 Å². The van der Waals surface area contributed by atoms with Gasteiger partial charge in [0.05, 0.1) is 0 Å². The van der Waals surface area contributed by atoms with E-state index in [4.69, 9.17) is 11.6 Å². The minimum absolute atomic E-state index is 0.165. The summed E-state index contributed by atoms with van der Waals surface area (Å²) >= 11 is 3.02. The SMILES string of the molecule is O=C(O)C(CCC(=O)N1CCc2cc(F)ccc21)N(c1ccc(-c2ccc(Cl)cc2)cc1)S(=O)[O-]. The van der Waals surface area contributed by atoms with Crippen molar-refractivity contribution in [2.75, 3.05) is 15.7 Å². The van der Waals surface area contributed by atoms with Crippen LogP contribution in [0.4, 0.5) is 15.8 Å². The maximum Gasteiger partial charge on any atom is 0.327 e. The quantitative estimate of drug-likeness (QED) is 0.443. The van der Waals surface area contributed by atoms with Crippen molar-refractivity contribution in [1.82, 2.24) is 0 Å². The average Bonchev–Trinajstić information content (AvgIpc) is 3.25. The van der Waals surface area contributed by atoms with Gasteiger partial charge in [-0.2, -0.15) is 0 Å². The van der Waals surface area contributed by atoms with Gasteiger partial charge in [0.25, 0.3) is 0 Å². The fourth-order valence-electron chi connectivity index (χ4n) is 4.18. The van der Waals surface area contributed by atoms with Crippen molar-refractivity contribution in [2.24, 2.45) is 0 Å². The van der Waals surface area contributed by atoms with Gasteiger partial charge in [-0.05, 0) is 72.0 Å². The molecule has 0 saturated heterocycles. The summed E-state index contributed by atoms with van der Waals surface area (Å²) in [4.78, 5) is 26.3. The lowest BCUT2D eigenvalue weighted by Crippen LogP contribution is -2.43. The Bertz CT molecular complexity index is 1270. The second-order valence-electron chi connectivity index (χ2n) is 8.06. The molecule has 7 nitrogen and oxygen atoms in total. The number of carboxylic acid groups (broad SMARTS) is 1. The second kappa shape index (κ2) is 10.6. The molecule has 0 bridgehead atoms. The summed E-state index contributed by atoms with van der Waals surface area (Å²) in [6, 6.07) is 16.2. The Morgan fingerprint density at radius 2 is 1.71 bits per heavy atom. The second-order valence-corrected chi connectivity index (χ2v) is 9.32. The van der Waals surface area contributed by atoms with Crippen LogP contribution in [-0.2, 0) is 27.3 Å². The third-order valence-corrected chi connectivity index (χ3v) is 6.94. The van der Waals surface area contributed by atoms with Crippen molar-refractivity contribution in [3.63, 3.8) is 0 Å². The molecule has 1 heterocycles. The first kappa shape index (κ1) is 24.8. The van der Waals surface area contributed by atoms with Gasteiger partial charge >= 0.3 is 5.97 Å². The van der Waals surface area contributed by atoms with Crippen LogP contribution in [0, 0.1) is 5.82 Å². The minimum atomic E-state index is -2.90.